The molecule has 180 valence electrons. The van der Waals surface area contributed by atoms with E-state index in [1.54, 1.807) is 0 Å². The molecule has 0 aromatic heterocycles. The van der Waals surface area contributed by atoms with Crippen LogP contribution in [0.1, 0.15) is 28.7 Å². The number of hydrogen-bond acceptors (Lipinski definition) is 4. The molecule has 1 aliphatic heterocycles. The monoisotopic (exact) mass is 474 g/mol. The molecule has 0 spiro atoms. The van der Waals surface area contributed by atoms with Crippen molar-refractivity contribution in [3.05, 3.63) is 155 Å². The Balaban J connectivity index is 1.68. The fraction of sp³-hybridized carbons (Fsp3) is 0.156. The highest BCUT2D eigenvalue weighted by Gasteiger charge is 2.44. The summed E-state index contributed by atoms with van der Waals surface area (Å²) in [6.07, 6.45) is 2.36. The Labute approximate surface area is 213 Å². The fourth-order valence-corrected chi connectivity index (χ4v) is 5.15. The average Bonchev–Trinajstić information content (AvgIpc) is 3.33. The zero-order valence-corrected chi connectivity index (χ0v) is 20.5. The van der Waals surface area contributed by atoms with Gasteiger partial charge in [-0.05, 0) is 22.3 Å². The molecule has 0 fully saturated rings. The van der Waals surface area contributed by atoms with E-state index in [-0.39, 0.29) is 12.4 Å². The molecule has 5 rings (SSSR count). The lowest BCUT2D eigenvalue weighted by molar-refractivity contribution is -0.140. The molecule has 0 bridgehead atoms. The molecule has 1 heterocycles. The van der Waals surface area contributed by atoms with Crippen LogP contribution in [-0.4, -0.2) is 29.5 Å². The molecule has 0 saturated carbocycles. The molecule has 0 unspecified atom stereocenters. The second-order valence-corrected chi connectivity index (χ2v) is 8.98. The van der Waals surface area contributed by atoms with Crippen LogP contribution in [0.2, 0.25) is 0 Å². The third-order valence-corrected chi connectivity index (χ3v) is 6.81. The van der Waals surface area contributed by atoms with Gasteiger partial charge in [-0.25, -0.2) is 0 Å². The van der Waals surface area contributed by atoms with Gasteiger partial charge in [-0.15, -0.1) is 0 Å². The van der Waals surface area contributed by atoms with E-state index in [1.807, 2.05) is 6.07 Å². The van der Waals surface area contributed by atoms with E-state index in [2.05, 4.69) is 131 Å². The fourth-order valence-electron chi connectivity index (χ4n) is 5.15. The van der Waals surface area contributed by atoms with Crippen LogP contribution in [0, 0.1) is 0 Å². The Hall–Kier alpha value is -4.31. The Kier molecular flexibility index (Phi) is 6.85. The van der Waals surface area contributed by atoms with Crippen molar-refractivity contribution in [1.29, 1.82) is 0 Å². The highest BCUT2D eigenvalue weighted by atomic mass is 16.5. The number of esters is 1. The van der Waals surface area contributed by atoms with Gasteiger partial charge < -0.3 is 14.5 Å². The summed E-state index contributed by atoms with van der Waals surface area (Å²) in [5, 5.41) is 0. The first-order valence-corrected chi connectivity index (χ1v) is 12.2. The first-order valence-electron chi connectivity index (χ1n) is 12.2. The first kappa shape index (κ1) is 23.4. The van der Waals surface area contributed by atoms with Crippen molar-refractivity contribution in [3.8, 4) is 0 Å². The molecule has 0 saturated heterocycles. The maximum absolute atomic E-state index is 12.4. The Morgan fingerprint density at radius 2 is 1.17 bits per heavy atom. The van der Waals surface area contributed by atoms with Crippen LogP contribution in [0.3, 0.4) is 0 Å². The molecule has 4 aromatic rings. The van der Waals surface area contributed by atoms with Crippen molar-refractivity contribution >= 4 is 5.97 Å². The van der Waals surface area contributed by atoms with Gasteiger partial charge in [-0.3, -0.25) is 4.79 Å². The van der Waals surface area contributed by atoms with E-state index in [9.17, 15) is 4.79 Å². The number of hydrogen-bond donors (Lipinski definition) is 0. The maximum atomic E-state index is 12.4. The van der Waals surface area contributed by atoms with Gasteiger partial charge in [0.15, 0.2) is 0 Å². The molecule has 4 nitrogen and oxygen atoms in total. The standard InChI is InChI=1S/C32H30N2O2/c1-36-31(35)22-30-24-34(25-33(30)23-26-14-6-2-7-15-26)32(27-16-8-3-9-17-27,28-18-10-4-11-19-28)29-20-12-5-13-21-29/h2-21,24H,22-23,25H2,1H3. The summed E-state index contributed by atoms with van der Waals surface area (Å²) in [5.74, 6) is -0.245. The molecular weight excluding hydrogens is 444 g/mol. The van der Waals surface area contributed by atoms with Gasteiger partial charge in [-0.1, -0.05) is 121 Å². The molecule has 0 radical (unpaired) electrons. The van der Waals surface area contributed by atoms with Gasteiger partial charge in [0.05, 0.1) is 20.2 Å². The molecule has 0 atom stereocenters. The predicted octanol–water partition coefficient (Wildman–Crippen LogP) is 6.16. The maximum Gasteiger partial charge on any atom is 0.311 e. The summed E-state index contributed by atoms with van der Waals surface area (Å²) < 4.78 is 5.06. The number of methoxy groups -OCH3 is 1. The minimum Gasteiger partial charge on any atom is -0.469 e. The average molecular weight is 475 g/mol. The van der Waals surface area contributed by atoms with Gasteiger partial charge in [0, 0.05) is 18.4 Å². The molecule has 1 aliphatic rings. The largest absolute Gasteiger partial charge is 0.469 e. The van der Waals surface area contributed by atoms with Crippen LogP contribution in [0.25, 0.3) is 0 Å². The third kappa shape index (κ3) is 4.50. The Bertz CT molecular complexity index is 1210. The molecular formula is C32H30N2O2. The lowest BCUT2D eigenvalue weighted by Crippen LogP contribution is -2.46. The second kappa shape index (κ2) is 10.5. The quantitative estimate of drug-likeness (QED) is 0.226. The van der Waals surface area contributed by atoms with E-state index in [4.69, 9.17) is 4.74 Å². The minimum absolute atomic E-state index is 0.217. The minimum atomic E-state index is -0.587. The van der Waals surface area contributed by atoms with Crippen molar-refractivity contribution < 1.29 is 9.53 Å². The van der Waals surface area contributed by atoms with Gasteiger partial charge in [0.2, 0.25) is 0 Å². The van der Waals surface area contributed by atoms with Crippen molar-refractivity contribution in [3.63, 3.8) is 0 Å². The van der Waals surface area contributed by atoms with Crippen LogP contribution < -0.4 is 0 Å². The smallest absolute Gasteiger partial charge is 0.311 e. The highest BCUT2D eigenvalue weighted by Crippen LogP contribution is 2.45. The van der Waals surface area contributed by atoms with Crippen LogP contribution in [-0.2, 0) is 21.6 Å². The van der Waals surface area contributed by atoms with Gasteiger partial charge in [-0.2, -0.15) is 0 Å². The van der Waals surface area contributed by atoms with Crippen LogP contribution in [0.4, 0.5) is 0 Å². The molecule has 4 aromatic carbocycles. The Morgan fingerprint density at radius 1 is 0.722 bits per heavy atom. The Morgan fingerprint density at radius 3 is 1.61 bits per heavy atom. The zero-order valence-electron chi connectivity index (χ0n) is 20.5. The van der Waals surface area contributed by atoms with Crippen molar-refractivity contribution in [2.75, 3.05) is 13.8 Å². The number of carbonyl (C=O) groups excluding carboxylic acids is 1. The summed E-state index contributed by atoms with van der Waals surface area (Å²) >= 11 is 0. The van der Waals surface area contributed by atoms with E-state index in [0.717, 1.165) is 22.4 Å². The number of rotatable bonds is 8. The van der Waals surface area contributed by atoms with Gasteiger partial charge in [0.25, 0.3) is 0 Å². The lowest BCUT2D eigenvalue weighted by Gasteiger charge is -2.44. The molecule has 0 amide bonds. The molecule has 36 heavy (non-hydrogen) atoms. The summed E-state index contributed by atoms with van der Waals surface area (Å²) in [6.45, 7) is 1.33. The van der Waals surface area contributed by atoms with E-state index in [1.165, 1.54) is 12.7 Å². The summed E-state index contributed by atoms with van der Waals surface area (Å²) in [5.41, 5.74) is 5.04. The summed E-state index contributed by atoms with van der Waals surface area (Å²) in [4.78, 5) is 17.1. The summed E-state index contributed by atoms with van der Waals surface area (Å²) in [6, 6.07) is 42.2. The summed E-state index contributed by atoms with van der Waals surface area (Å²) in [7, 11) is 1.44. The zero-order chi connectivity index (χ0) is 24.8. The molecule has 0 aliphatic carbocycles. The van der Waals surface area contributed by atoms with Crippen molar-refractivity contribution in [2.24, 2.45) is 0 Å². The van der Waals surface area contributed by atoms with E-state index >= 15 is 0 Å². The van der Waals surface area contributed by atoms with Gasteiger partial charge in [0.1, 0.15) is 5.54 Å². The molecule has 0 N–H and O–H groups in total. The van der Waals surface area contributed by atoms with E-state index < -0.39 is 5.54 Å². The molecule has 4 heteroatoms. The highest BCUT2D eigenvalue weighted by molar-refractivity contribution is 5.72. The van der Waals surface area contributed by atoms with Crippen molar-refractivity contribution in [2.45, 2.75) is 18.5 Å². The SMILES string of the molecule is COC(=O)CC1=CN(C(c2ccccc2)(c2ccccc2)c2ccccc2)CN1Cc1ccccc1. The van der Waals surface area contributed by atoms with Crippen LogP contribution in [0.15, 0.2) is 133 Å². The van der Waals surface area contributed by atoms with Crippen molar-refractivity contribution in [1.82, 2.24) is 9.80 Å². The number of ether oxygens (including phenoxy) is 1. The van der Waals surface area contributed by atoms with E-state index in [0.29, 0.717) is 13.2 Å². The number of benzene rings is 4. The third-order valence-electron chi connectivity index (χ3n) is 6.81. The normalized spacial score (nSPS) is 13.4. The van der Waals surface area contributed by atoms with Crippen LogP contribution >= 0.6 is 0 Å². The first-order chi connectivity index (χ1) is 17.7. The predicted molar refractivity (Wildman–Crippen MR) is 143 cm³/mol. The lowest BCUT2D eigenvalue weighted by atomic mass is 9.76. The number of carbonyl (C=O) groups is 1. The number of nitrogens with zero attached hydrogens (tertiary/aromatic N) is 2. The van der Waals surface area contributed by atoms with Crippen LogP contribution in [0.5, 0.6) is 0 Å². The topological polar surface area (TPSA) is 32.8 Å². The van der Waals surface area contributed by atoms with Gasteiger partial charge >= 0.3 is 5.97 Å². The second-order valence-electron chi connectivity index (χ2n) is 8.98.